The second kappa shape index (κ2) is 7.53. The first-order valence-corrected chi connectivity index (χ1v) is 12.2. The lowest BCUT2D eigenvalue weighted by atomic mass is 9.77. The Kier molecular flexibility index (Phi) is 4.78. The topological polar surface area (TPSA) is 80.8 Å². The van der Waals surface area contributed by atoms with Crippen LogP contribution in [-0.4, -0.2) is 29.0 Å². The van der Waals surface area contributed by atoms with E-state index in [4.69, 9.17) is 4.74 Å². The van der Waals surface area contributed by atoms with Crippen LogP contribution in [-0.2, 0) is 14.3 Å². The molecule has 1 aliphatic carbocycles. The van der Waals surface area contributed by atoms with E-state index in [-0.39, 0.29) is 11.1 Å². The summed E-state index contributed by atoms with van der Waals surface area (Å²) in [4.78, 5) is 56.2. The number of amides is 2. The number of rotatable bonds is 2. The molecule has 3 aliphatic rings. The van der Waals surface area contributed by atoms with Gasteiger partial charge in [0.15, 0.2) is 0 Å². The van der Waals surface area contributed by atoms with Crippen LogP contribution in [0.4, 0.5) is 5.69 Å². The van der Waals surface area contributed by atoms with Crippen LogP contribution in [0.5, 0.6) is 0 Å². The fourth-order valence-corrected chi connectivity index (χ4v) is 6.07. The summed E-state index contributed by atoms with van der Waals surface area (Å²) in [5, 5.41) is 0. The number of nitrogens with zero attached hydrogens (tertiary/aromatic N) is 1. The van der Waals surface area contributed by atoms with E-state index in [9.17, 15) is 19.2 Å². The molecule has 3 atom stereocenters. The molecule has 8 heteroatoms. The number of benzene rings is 3. The number of para-hydroxylation sites is 1. The largest absolute Gasteiger partial charge is 0.349 e. The van der Waals surface area contributed by atoms with Gasteiger partial charge in [-0.2, -0.15) is 0 Å². The number of hydrogen-bond acceptors (Lipinski definition) is 5. The first-order valence-electron chi connectivity index (χ1n) is 10.6. The lowest BCUT2D eigenvalue weighted by Gasteiger charge is -2.27. The molecule has 0 saturated carbocycles. The Morgan fingerprint density at radius 1 is 0.735 bits per heavy atom. The van der Waals surface area contributed by atoms with Gasteiger partial charge in [-0.25, -0.2) is 4.90 Å². The summed E-state index contributed by atoms with van der Waals surface area (Å²) in [7, 11) is 0. The third kappa shape index (κ3) is 2.70. The van der Waals surface area contributed by atoms with E-state index in [0.717, 1.165) is 9.37 Å². The molecule has 3 aromatic rings. The Balaban J connectivity index is 1.56. The molecule has 2 saturated heterocycles. The maximum Gasteiger partial charge on any atom is 0.241 e. The highest BCUT2D eigenvalue weighted by molar-refractivity contribution is 9.10. The Hall–Kier alpha value is -2.94. The minimum absolute atomic E-state index is 0.210. The lowest BCUT2D eigenvalue weighted by Crippen LogP contribution is -2.51. The molecule has 1 spiro atoms. The van der Waals surface area contributed by atoms with E-state index in [0.29, 0.717) is 15.7 Å². The summed E-state index contributed by atoms with van der Waals surface area (Å²) in [6.45, 7) is 0. The Bertz CT molecular complexity index is 1380. The molecule has 0 N–H and O–H groups in total. The van der Waals surface area contributed by atoms with Gasteiger partial charge in [-0.1, -0.05) is 64.5 Å². The monoisotopic (exact) mass is 579 g/mol. The number of imide groups is 1. The van der Waals surface area contributed by atoms with Crippen molar-refractivity contribution in [3.05, 3.63) is 98.4 Å². The molecule has 0 unspecified atom stereocenters. The summed E-state index contributed by atoms with van der Waals surface area (Å²) < 4.78 is 7.65. The first kappa shape index (κ1) is 21.6. The van der Waals surface area contributed by atoms with Gasteiger partial charge in [0.05, 0.1) is 23.6 Å². The van der Waals surface area contributed by atoms with Crippen LogP contribution in [0.2, 0.25) is 0 Å². The number of fused-ring (bicyclic) bond motifs is 3. The van der Waals surface area contributed by atoms with Crippen molar-refractivity contribution in [3.63, 3.8) is 0 Å². The molecule has 3 aromatic carbocycles. The Morgan fingerprint density at radius 2 is 1.32 bits per heavy atom. The maximum atomic E-state index is 13.9. The van der Waals surface area contributed by atoms with E-state index in [1.54, 1.807) is 72.8 Å². The van der Waals surface area contributed by atoms with Gasteiger partial charge >= 0.3 is 0 Å². The Labute approximate surface area is 211 Å². The van der Waals surface area contributed by atoms with Gasteiger partial charge in [0.2, 0.25) is 29.0 Å². The third-order valence-electron chi connectivity index (χ3n) is 6.81. The Morgan fingerprint density at radius 3 is 1.94 bits per heavy atom. The van der Waals surface area contributed by atoms with Crippen molar-refractivity contribution >= 4 is 60.9 Å². The SMILES string of the molecule is O=C1[C@@H]2[C@H](c3ccc(Br)cc3)OC3(C(=O)c4ccccc4C3=O)[C@H]2C(=O)N1c1ccccc1Br. The van der Waals surface area contributed by atoms with E-state index in [1.165, 1.54) is 0 Å². The molecule has 34 heavy (non-hydrogen) atoms. The molecule has 168 valence electrons. The van der Waals surface area contributed by atoms with Gasteiger partial charge in [0.25, 0.3) is 0 Å². The molecule has 0 radical (unpaired) electrons. The summed E-state index contributed by atoms with van der Waals surface area (Å²) in [6, 6.07) is 20.4. The molecular formula is C26H15Br2NO5. The van der Waals surface area contributed by atoms with Gasteiger partial charge in [0.1, 0.15) is 0 Å². The predicted octanol–water partition coefficient (Wildman–Crippen LogP) is 4.91. The summed E-state index contributed by atoms with van der Waals surface area (Å²) in [5.74, 6) is -4.55. The summed E-state index contributed by atoms with van der Waals surface area (Å²) in [5.41, 5.74) is -0.673. The number of carbonyl (C=O) groups excluding carboxylic acids is 4. The van der Waals surface area contributed by atoms with Gasteiger partial charge in [-0.15, -0.1) is 0 Å². The van der Waals surface area contributed by atoms with Crippen molar-refractivity contribution in [1.82, 2.24) is 0 Å². The molecule has 0 aromatic heterocycles. The smallest absolute Gasteiger partial charge is 0.241 e. The summed E-state index contributed by atoms with van der Waals surface area (Å²) in [6.07, 6.45) is -0.941. The van der Waals surface area contributed by atoms with Crippen LogP contribution in [0.3, 0.4) is 0 Å². The quantitative estimate of drug-likeness (QED) is 0.318. The molecule has 2 aliphatic heterocycles. The second-order valence-corrected chi connectivity index (χ2v) is 10.3. The van der Waals surface area contributed by atoms with E-state index < -0.39 is 46.9 Å². The van der Waals surface area contributed by atoms with Crippen molar-refractivity contribution in [2.45, 2.75) is 11.7 Å². The zero-order valence-corrected chi connectivity index (χ0v) is 20.6. The van der Waals surface area contributed by atoms with Crippen LogP contribution in [0.1, 0.15) is 32.4 Å². The first-order chi connectivity index (χ1) is 16.4. The van der Waals surface area contributed by atoms with Crippen LogP contribution in [0, 0.1) is 11.8 Å². The van der Waals surface area contributed by atoms with Crippen molar-refractivity contribution in [3.8, 4) is 0 Å². The standard InChI is InChI=1S/C26H15Br2NO5/c27-14-11-9-13(10-12-14)21-19-20(25(33)29(24(19)32)18-8-4-3-7-17(18)28)26(34-21)22(30)15-5-1-2-6-16(15)23(26)31/h1-12,19-21H/t19-,20+,21-/m0/s1. The van der Waals surface area contributed by atoms with Gasteiger partial charge < -0.3 is 4.74 Å². The highest BCUT2D eigenvalue weighted by Gasteiger charge is 2.74. The van der Waals surface area contributed by atoms with Crippen LogP contribution < -0.4 is 4.90 Å². The van der Waals surface area contributed by atoms with Crippen LogP contribution in [0.15, 0.2) is 81.7 Å². The van der Waals surface area contributed by atoms with Crippen LogP contribution >= 0.6 is 31.9 Å². The van der Waals surface area contributed by atoms with Gasteiger partial charge in [-0.05, 0) is 45.8 Å². The normalized spacial score (nSPS) is 24.8. The zero-order valence-electron chi connectivity index (χ0n) is 17.4. The molecule has 6 rings (SSSR count). The average Bonchev–Trinajstić information content (AvgIpc) is 3.40. The minimum Gasteiger partial charge on any atom is -0.349 e. The number of carbonyl (C=O) groups is 4. The minimum atomic E-state index is -2.07. The number of halogens is 2. The van der Waals surface area contributed by atoms with Crippen molar-refractivity contribution in [2.75, 3.05) is 4.90 Å². The number of anilines is 1. The fraction of sp³-hybridized carbons (Fsp3) is 0.154. The van der Waals surface area contributed by atoms with Crippen molar-refractivity contribution in [1.29, 1.82) is 0 Å². The number of Topliss-reactive ketones (excluding diaryl/α,β-unsaturated/α-hetero) is 2. The van der Waals surface area contributed by atoms with E-state index in [2.05, 4.69) is 31.9 Å². The van der Waals surface area contributed by atoms with Crippen molar-refractivity contribution in [2.24, 2.45) is 11.8 Å². The molecule has 2 heterocycles. The second-order valence-electron chi connectivity index (χ2n) is 8.50. The van der Waals surface area contributed by atoms with Crippen LogP contribution in [0.25, 0.3) is 0 Å². The molecular weight excluding hydrogens is 566 g/mol. The molecule has 6 nitrogen and oxygen atoms in total. The number of hydrogen-bond donors (Lipinski definition) is 0. The number of ketones is 2. The molecule has 2 fully saturated rings. The van der Waals surface area contributed by atoms with Gasteiger partial charge in [-0.3, -0.25) is 19.2 Å². The van der Waals surface area contributed by atoms with Gasteiger partial charge in [0, 0.05) is 20.1 Å². The number of ether oxygens (including phenoxy) is 1. The van der Waals surface area contributed by atoms with E-state index >= 15 is 0 Å². The molecule has 0 bridgehead atoms. The average molecular weight is 581 g/mol. The highest BCUT2D eigenvalue weighted by Crippen LogP contribution is 2.58. The zero-order chi connectivity index (χ0) is 23.8. The highest BCUT2D eigenvalue weighted by atomic mass is 79.9. The summed E-state index contributed by atoms with van der Waals surface area (Å²) >= 11 is 6.81. The third-order valence-corrected chi connectivity index (χ3v) is 8.01. The lowest BCUT2D eigenvalue weighted by molar-refractivity contribution is -0.127. The fourth-order valence-electron chi connectivity index (χ4n) is 5.34. The maximum absolute atomic E-state index is 13.9. The molecule has 2 amide bonds. The van der Waals surface area contributed by atoms with Crippen molar-refractivity contribution < 1.29 is 23.9 Å². The predicted molar refractivity (Wildman–Crippen MR) is 129 cm³/mol. The van der Waals surface area contributed by atoms with E-state index in [1.807, 2.05) is 0 Å².